The van der Waals surface area contributed by atoms with Gasteiger partial charge in [0.25, 0.3) is 5.91 Å². The number of fused-ring (bicyclic) bond motifs is 1. The van der Waals surface area contributed by atoms with Crippen molar-refractivity contribution in [1.82, 2.24) is 4.90 Å². The van der Waals surface area contributed by atoms with Crippen LogP contribution in [0.2, 0.25) is 5.02 Å². The summed E-state index contributed by atoms with van der Waals surface area (Å²) in [6.07, 6.45) is 4.79. The SMILES string of the molecule is COc1ccc(Cl)cc1NC(=O)C1CC2CCCCC2N1C(=O)c1ccccc1OC. The number of carbonyl (C=O) groups is 2. The van der Waals surface area contributed by atoms with Crippen molar-refractivity contribution in [2.45, 2.75) is 44.2 Å². The summed E-state index contributed by atoms with van der Waals surface area (Å²) in [4.78, 5) is 28.8. The summed E-state index contributed by atoms with van der Waals surface area (Å²) in [5, 5.41) is 3.44. The number of methoxy groups -OCH3 is 2. The third kappa shape index (κ3) is 4.22. The van der Waals surface area contributed by atoms with Crippen molar-refractivity contribution in [2.24, 2.45) is 5.92 Å². The molecule has 1 aliphatic carbocycles. The van der Waals surface area contributed by atoms with Gasteiger partial charge < -0.3 is 19.7 Å². The molecule has 164 valence electrons. The summed E-state index contributed by atoms with van der Waals surface area (Å²) in [5.74, 6) is 0.978. The monoisotopic (exact) mass is 442 g/mol. The molecule has 3 unspecified atom stereocenters. The molecule has 7 heteroatoms. The fourth-order valence-corrected chi connectivity index (χ4v) is 5.11. The molecule has 2 aromatic rings. The minimum Gasteiger partial charge on any atom is -0.496 e. The zero-order chi connectivity index (χ0) is 22.0. The summed E-state index contributed by atoms with van der Waals surface area (Å²) in [6.45, 7) is 0. The van der Waals surface area contributed by atoms with E-state index in [-0.39, 0.29) is 17.9 Å². The number of likely N-dealkylation sites (tertiary alicyclic amines) is 1. The lowest BCUT2D eigenvalue weighted by atomic mass is 9.84. The molecule has 0 radical (unpaired) electrons. The van der Waals surface area contributed by atoms with Gasteiger partial charge >= 0.3 is 0 Å². The number of anilines is 1. The number of hydrogen-bond acceptors (Lipinski definition) is 4. The molecule has 4 rings (SSSR count). The van der Waals surface area contributed by atoms with E-state index < -0.39 is 6.04 Å². The first-order valence-corrected chi connectivity index (χ1v) is 11.0. The molecule has 2 fully saturated rings. The van der Waals surface area contributed by atoms with E-state index in [1.54, 1.807) is 49.5 Å². The van der Waals surface area contributed by atoms with Gasteiger partial charge in [0.05, 0.1) is 25.5 Å². The number of ether oxygens (including phenoxy) is 2. The Labute approximate surface area is 187 Å². The van der Waals surface area contributed by atoms with E-state index >= 15 is 0 Å². The fraction of sp³-hybridized carbons (Fsp3) is 0.417. The largest absolute Gasteiger partial charge is 0.496 e. The molecule has 0 aromatic heterocycles. The molecule has 2 aromatic carbocycles. The Kier molecular flexibility index (Phi) is 6.37. The van der Waals surface area contributed by atoms with Crippen LogP contribution in [0.4, 0.5) is 5.69 Å². The molecule has 2 amide bonds. The number of nitrogens with one attached hydrogen (secondary N) is 1. The van der Waals surface area contributed by atoms with Crippen LogP contribution in [0.25, 0.3) is 0 Å². The summed E-state index contributed by atoms with van der Waals surface area (Å²) >= 11 is 6.12. The van der Waals surface area contributed by atoms with Crippen molar-refractivity contribution in [3.63, 3.8) is 0 Å². The van der Waals surface area contributed by atoms with Crippen molar-refractivity contribution in [1.29, 1.82) is 0 Å². The van der Waals surface area contributed by atoms with Gasteiger partial charge in [-0.3, -0.25) is 9.59 Å². The number of halogens is 1. The maximum atomic E-state index is 13.6. The average Bonchev–Trinajstić information content (AvgIpc) is 3.18. The first-order chi connectivity index (χ1) is 15.0. The molecule has 1 N–H and O–H groups in total. The van der Waals surface area contributed by atoms with Crippen molar-refractivity contribution in [3.8, 4) is 11.5 Å². The minimum absolute atomic E-state index is 0.0585. The van der Waals surface area contributed by atoms with E-state index in [2.05, 4.69) is 5.32 Å². The summed E-state index contributed by atoms with van der Waals surface area (Å²) < 4.78 is 10.8. The van der Waals surface area contributed by atoms with Crippen LogP contribution in [0.3, 0.4) is 0 Å². The van der Waals surface area contributed by atoms with Crippen molar-refractivity contribution < 1.29 is 19.1 Å². The van der Waals surface area contributed by atoms with Crippen LogP contribution in [0.1, 0.15) is 42.5 Å². The van der Waals surface area contributed by atoms with Gasteiger partial charge in [0.15, 0.2) is 0 Å². The lowest BCUT2D eigenvalue weighted by Gasteiger charge is -2.34. The van der Waals surface area contributed by atoms with E-state index in [4.69, 9.17) is 21.1 Å². The van der Waals surface area contributed by atoms with E-state index in [1.807, 2.05) is 12.1 Å². The molecule has 6 nitrogen and oxygen atoms in total. The molecule has 0 bridgehead atoms. The second-order valence-corrected chi connectivity index (χ2v) is 8.55. The highest BCUT2D eigenvalue weighted by molar-refractivity contribution is 6.31. The highest BCUT2D eigenvalue weighted by atomic mass is 35.5. The zero-order valence-electron chi connectivity index (χ0n) is 17.8. The lowest BCUT2D eigenvalue weighted by Crippen LogP contribution is -2.48. The van der Waals surface area contributed by atoms with E-state index in [0.717, 1.165) is 25.7 Å². The van der Waals surface area contributed by atoms with Crippen LogP contribution in [0, 0.1) is 5.92 Å². The number of rotatable bonds is 5. The Hall–Kier alpha value is -2.73. The summed E-state index contributed by atoms with van der Waals surface area (Å²) in [7, 11) is 3.09. The molecular weight excluding hydrogens is 416 g/mol. The molecule has 1 heterocycles. The third-order valence-electron chi connectivity index (χ3n) is 6.38. The van der Waals surface area contributed by atoms with Gasteiger partial charge in [-0.25, -0.2) is 0 Å². The Morgan fingerprint density at radius 2 is 1.77 bits per heavy atom. The maximum Gasteiger partial charge on any atom is 0.258 e. The van der Waals surface area contributed by atoms with Gasteiger partial charge in [-0.05, 0) is 55.5 Å². The molecule has 1 saturated carbocycles. The number of benzene rings is 2. The van der Waals surface area contributed by atoms with E-state index in [0.29, 0.717) is 40.1 Å². The second-order valence-electron chi connectivity index (χ2n) is 8.11. The first kappa shape index (κ1) is 21.5. The van der Waals surface area contributed by atoms with Gasteiger partial charge in [0.1, 0.15) is 17.5 Å². The van der Waals surface area contributed by atoms with Gasteiger partial charge in [-0.2, -0.15) is 0 Å². The zero-order valence-corrected chi connectivity index (χ0v) is 18.5. The van der Waals surface area contributed by atoms with Crippen molar-refractivity contribution in [2.75, 3.05) is 19.5 Å². The van der Waals surface area contributed by atoms with Crippen LogP contribution in [0.5, 0.6) is 11.5 Å². The molecule has 31 heavy (non-hydrogen) atoms. The standard InChI is InChI=1S/C24H27ClN2O4/c1-30-21-10-6-4-8-17(21)24(29)27-19-9-5-3-7-15(19)13-20(27)23(28)26-18-14-16(25)11-12-22(18)31-2/h4,6,8,10-12,14-15,19-20H,3,5,7,9,13H2,1-2H3,(H,26,28). The quantitative estimate of drug-likeness (QED) is 0.724. The second kappa shape index (κ2) is 9.18. The topological polar surface area (TPSA) is 67.9 Å². The average molecular weight is 443 g/mol. The number of hydrogen-bond donors (Lipinski definition) is 1. The highest BCUT2D eigenvalue weighted by Crippen LogP contribution is 2.42. The molecule has 1 aliphatic heterocycles. The fourth-order valence-electron chi connectivity index (χ4n) is 4.94. The predicted molar refractivity (Wildman–Crippen MR) is 120 cm³/mol. The van der Waals surface area contributed by atoms with Crippen molar-refractivity contribution in [3.05, 3.63) is 53.1 Å². The summed E-state index contributed by atoms with van der Waals surface area (Å²) in [6, 6.07) is 11.8. The Morgan fingerprint density at radius 3 is 2.55 bits per heavy atom. The van der Waals surface area contributed by atoms with Gasteiger partial charge in [-0.1, -0.05) is 36.6 Å². The highest BCUT2D eigenvalue weighted by Gasteiger charge is 2.48. The van der Waals surface area contributed by atoms with Crippen LogP contribution in [-0.4, -0.2) is 43.0 Å². The lowest BCUT2D eigenvalue weighted by molar-refractivity contribution is -0.120. The minimum atomic E-state index is -0.561. The molecule has 3 atom stereocenters. The predicted octanol–water partition coefficient (Wildman–Crippen LogP) is 4.77. The van der Waals surface area contributed by atoms with Crippen LogP contribution >= 0.6 is 11.6 Å². The van der Waals surface area contributed by atoms with Crippen LogP contribution in [0.15, 0.2) is 42.5 Å². The van der Waals surface area contributed by atoms with Crippen LogP contribution < -0.4 is 14.8 Å². The maximum absolute atomic E-state index is 13.6. The van der Waals surface area contributed by atoms with Gasteiger partial charge in [0, 0.05) is 11.1 Å². The first-order valence-electron chi connectivity index (χ1n) is 10.6. The van der Waals surface area contributed by atoms with E-state index in [1.165, 1.54) is 0 Å². The van der Waals surface area contributed by atoms with E-state index in [9.17, 15) is 9.59 Å². The smallest absolute Gasteiger partial charge is 0.258 e. The number of carbonyl (C=O) groups excluding carboxylic acids is 2. The Bertz CT molecular complexity index is 980. The molecule has 1 saturated heterocycles. The Balaban J connectivity index is 1.65. The van der Waals surface area contributed by atoms with Crippen LogP contribution in [-0.2, 0) is 4.79 Å². The van der Waals surface area contributed by atoms with Crippen molar-refractivity contribution >= 4 is 29.1 Å². The Morgan fingerprint density at radius 1 is 1.03 bits per heavy atom. The summed E-state index contributed by atoms with van der Waals surface area (Å²) in [5.41, 5.74) is 0.980. The number of amides is 2. The van der Waals surface area contributed by atoms with Gasteiger partial charge in [0.2, 0.25) is 5.91 Å². The molecule has 2 aliphatic rings. The normalized spacial score (nSPS) is 22.5. The molecule has 0 spiro atoms. The van der Waals surface area contributed by atoms with Gasteiger partial charge in [-0.15, -0.1) is 0 Å². The molecular formula is C24H27ClN2O4. The number of nitrogens with zero attached hydrogens (tertiary/aromatic N) is 1. The third-order valence-corrected chi connectivity index (χ3v) is 6.62. The number of para-hydroxylation sites is 1.